The molecule has 0 fully saturated rings. The van der Waals surface area contributed by atoms with Crippen LogP contribution in [0.25, 0.3) is 0 Å². The Bertz CT molecular complexity index is 848. The highest BCUT2D eigenvalue weighted by Crippen LogP contribution is 2.25. The first-order valence-electron chi connectivity index (χ1n) is 8.81. The highest BCUT2D eigenvalue weighted by atomic mass is 19.1. The number of rotatable bonds is 6. The number of hydrogen-bond donors (Lipinski definition) is 1. The summed E-state index contributed by atoms with van der Waals surface area (Å²) in [6.07, 6.45) is 4.71. The SMILES string of the molecule is Fc1ccc(CNC[C@@H]2OCCc3cn(Cc4ccccn4)nc32)cc1. The molecule has 4 rings (SSSR count). The number of nitrogens with one attached hydrogen (secondary N) is 1. The Morgan fingerprint density at radius 3 is 2.88 bits per heavy atom. The second kappa shape index (κ2) is 7.76. The van der Waals surface area contributed by atoms with Crippen LogP contribution in [0.2, 0.25) is 0 Å². The van der Waals surface area contributed by atoms with E-state index in [4.69, 9.17) is 9.84 Å². The number of nitrogens with zero attached hydrogens (tertiary/aromatic N) is 3. The van der Waals surface area contributed by atoms with Gasteiger partial charge in [0.15, 0.2) is 0 Å². The van der Waals surface area contributed by atoms with Gasteiger partial charge in [0.2, 0.25) is 0 Å². The van der Waals surface area contributed by atoms with Gasteiger partial charge in [-0.1, -0.05) is 18.2 Å². The Hall–Kier alpha value is -2.57. The minimum absolute atomic E-state index is 0.0656. The van der Waals surface area contributed by atoms with Gasteiger partial charge < -0.3 is 10.1 Å². The predicted molar refractivity (Wildman–Crippen MR) is 96.1 cm³/mol. The van der Waals surface area contributed by atoms with Crippen molar-refractivity contribution in [2.24, 2.45) is 0 Å². The monoisotopic (exact) mass is 352 g/mol. The number of hydrogen-bond acceptors (Lipinski definition) is 4. The van der Waals surface area contributed by atoms with Gasteiger partial charge in [-0.3, -0.25) is 9.67 Å². The molecule has 0 radical (unpaired) electrons. The normalized spacial score (nSPS) is 16.4. The minimum Gasteiger partial charge on any atom is -0.370 e. The lowest BCUT2D eigenvalue weighted by molar-refractivity contribution is 0.0393. The van der Waals surface area contributed by atoms with Gasteiger partial charge in [0, 0.05) is 25.5 Å². The Labute approximate surface area is 151 Å². The molecule has 0 spiro atoms. The van der Waals surface area contributed by atoms with E-state index < -0.39 is 0 Å². The average molecular weight is 352 g/mol. The number of pyridine rings is 1. The molecular formula is C20H21FN4O. The summed E-state index contributed by atoms with van der Waals surface area (Å²) in [6, 6.07) is 12.4. The molecule has 1 atom stereocenters. The standard InChI is InChI=1S/C20H21FN4O/c21-17-6-4-15(5-7-17)11-22-12-19-20-16(8-10-26-19)13-25(24-20)14-18-3-1-2-9-23-18/h1-7,9,13,19,22H,8,10-12,14H2/t19-/m0/s1. The van der Waals surface area contributed by atoms with Crippen molar-refractivity contribution in [2.45, 2.75) is 25.6 Å². The molecule has 0 saturated carbocycles. The number of benzene rings is 1. The number of halogens is 1. The fourth-order valence-corrected chi connectivity index (χ4v) is 3.18. The lowest BCUT2D eigenvalue weighted by Crippen LogP contribution is -2.27. The molecular weight excluding hydrogens is 331 g/mol. The number of aromatic nitrogens is 3. The summed E-state index contributed by atoms with van der Waals surface area (Å²) < 4.78 is 20.8. The van der Waals surface area contributed by atoms with Gasteiger partial charge in [0.05, 0.1) is 24.5 Å². The van der Waals surface area contributed by atoms with E-state index in [2.05, 4.69) is 16.5 Å². The quantitative estimate of drug-likeness (QED) is 0.741. The van der Waals surface area contributed by atoms with Crippen molar-refractivity contribution >= 4 is 0 Å². The topological polar surface area (TPSA) is 52.0 Å². The molecule has 3 heterocycles. The summed E-state index contributed by atoms with van der Waals surface area (Å²) in [5.41, 5.74) is 4.27. The van der Waals surface area contributed by atoms with Gasteiger partial charge in [-0.05, 0) is 41.8 Å². The maximum Gasteiger partial charge on any atom is 0.123 e. The molecule has 1 aromatic carbocycles. The van der Waals surface area contributed by atoms with Crippen LogP contribution in [-0.4, -0.2) is 27.9 Å². The first-order chi connectivity index (χ1) is 12.8. The summed E-state index contributed by atoms with van der Waals surface area (Å²) in [4.78, 5) is 4.36. The van der Waals surface area contributed by atoms with Crippen LogP contribution in [0.15, 0.2) is 54.9 Å². The van der Waals surface area contributed by atoms with Crippen molar-refractivity contribution in [2.75, 3.05) is 13.2 Å². The second-order valence-corrected chi connectivity index (χ2v) is 6.43. The number of ether oxygens (including phenoxy) is 1. The summed E-state index contributed by atoms with van der Waals surface area (Å²) in [5.74, 6) is -0.215. The van der Waals surface area contributed by atoms with E-state index in [1.807, 2.05) is 22.9 Å². The first-order valence-corrected chi connectivity index (χ1v) is 8.81. The fourth-order valence-electron chi connectivity index (χ4n) is 3.18. The Morgan fingerprint density at radius 2 is 2.08 bits per heavy atom. The lowest BCUT2D eigenvalue weighted by Gasteiger charge is -2.22. The van der Waals surface area contributed by atoms with Gasteiger partial charge in [-0.2, -0.15) is 5.10 Å². The average Bonchev–Trinajstić information content (AvgIpc) is 3.07. The molecule has 6 heteroatoms. The van der Waals surface area contributed by atoms with E-state index in [1.165, 1.54) is 17.7 Å². The molecule has 0 bridgehead atoms. The van der Waals surface area contributed by atoms with E-state index in [1.54, 1.807) is 18.3 Å². The van der Waals surface area contributed by atoms with E-state index in [9.17, 15) is 4.39 Å². The molecule has 3 aromatic rings. The number of fused-ring (bicyclic) bond motifs is 1. The van der Waals surface area contributed by atoms with Crippen molar-refractivity contribution in [1.29, 1.82) is 0 Å². The molecule has 0 amide bonds. The van der Waals surface area contributed by atoms with Gasteiger partial charge in [-0.25, -0.2) is 4.39 Å². The predicted octanol–water partition coefficient (Wildman–Crippen LogP) is 2.87. The lowest BCUT2D eigenvalue weighted by atomic mass is 10.1. The van der Waals surface area contributed by atoms with Crippen LogP contribution < -0.4 is 5.32 Å². The molecule has 1 aliphatic heterocycles. The Balaban J connectivity index is 1.39. The Morgan fingerprint density at radius 1 is 1.19 bits per heavy atom. The largest absolute Gasteiger partial charge is 0.370 e. The highest BCUT2D eigenvalue weighted by Gasteiger charge is 2.24. The van der Waals surface area contributed by atoms with Crippen LogP contribution in [0.4, 0.5) is 4.39 Å². The van der Waals surface area contributed by atoms with Crippen molar-refractivity contribution in [3.05, 3.63) is 83.2 Å². The third-order valence-corrected chi connectivity index (χ3v) is 4.49. The molecule has 134 valence electrons. The first kappa shape index (κ1) is 16.9. The smallest absolute Gasteiger partial charge is 0.123 e. The molecule has 1 N–H and O–H groups in total. The van der Waals surface area contributed by atoms with Crippen molar-refractivity contribution in [3.63, 3.8) is 0 Å². The highest BCUT2D eigenvalue weighted by molar-refractivity contribution is 5.23. The molecule has 1 aliphatic rings. The minimum atomic E-state index is -0.215. The van der Waals surface area contributed by atoms with E-state index in [0.717, 1.165) is 23.4 Å². The Kier molecular flexibility index (Phi) is 5.04. The summed E-state index contributed by atoms with van der Waals surface area (Å²) in [5, 5.41) is 8.11. The summed E-state index contributed by atoms with van der Waals surface area (Å²) >= 11 is 0. The zero-order valence-electron chi connectivity index (χ0n) is 14.4. The molecule has 0 unspecified atom stereocenters. The van der Waals surface area contributed by atoms with Gasteiger partial charge in [-0.15, -0.1) is 0 Å². The van der Waals surface area contributed by atoms with Crippen molar-refractivity contribution in [3.8, 4) is 0 Å². The molecule has 26 heavy (non-hydrogen) atoms. The fraction of sp³-hybridized carbons (Fsp3) is 0.300. The van der Waals surface area contributed by atoms with Crippen LogP contribution in [0, 0.1) is 5.82 Å². The molecule has 5 nitrogen and oxygen atoms in total. The maximum absolute atomic E-state index is 13.0. The summed E-state index contributed by atoms with van der Waals surface area (Å²) in [6.45, 7) is 2.70. The van der Waals surface area contributed by atoms with Crippen molar-refractivity contribution < 1.29 is 9.13 Å². The third kappa shape index (κ3) is 3.98. The van der Waals surface area contributed by atoms with Crippen LogP contribution in [0.3, 0.4) is 0 Å². The summed E-state index contributed by atoms with van der Waals surface area (Å²) in [7, 11) is 0. The molecule has 0 aliphatic carbocycles. The van der Waals surface area contributed by atoms with Gasteiger partial charge in [0.25, 0.3) is 0 Å². The van der Waals surface area contributed by atoms with E-state index in [0.29, 0.717) is 26.2 Å². The second-order valence-electron chi connectivity index (χ2n) is 6.43. The van der Waals surface area contributed by atoms with Crippen LogP contribution >= 0.6 is 0 Å². The molecule has 2 aromatic heterocycles. The van der Waals surface area contributed by atoms with E-state index >= 15 is 0 Å². The van der Waals surface area contributed by atoms with Crippen molar-refractivity contribution in [1.82, 2.24) is 20.1 Å². The maximum atomic E-state index is 13.0. The zero-order valence-corrected chi connectivity index (χ0v) is 14.4. The van der Waals surface area contributed by atoms with Crippen LogP contribution in [0.5, 0.6) is 0 Å². The third-order valence-electron chi connectivity index (χ3n) is 4.49. The molecule has 0 saturated heterocycles. The van der Waals surface area contributed by atoms with Crippen LogP contribution in [-0.2, 0) is 24.2 Å². The van der Waals surface area contributed by atoms with Crippen LogP contribution in [0.1, 0.15) is 28.6 Å². The van der Waals surface area contributed by atoms with Gasteiger partial charge in [0.1, 0.15) is 11.9 Å². The van der Waals surface area contributed by atoms with E-state index in [-0.39, 0.29) is 11.9 Å². The zero-order chi connectivity index (χ0) is 17.8. The van der Waals surface area contributed by atoms with Gasteiger partial charge >= 0.3 is 0 Å².